The number of hydrogen-bond donors (Lipinski definition) is 1. The minimum Gasteiger partial charge on any atom is -0.460 e. The maximum absolute atomic E-state index is 15.4. The molecule has 0 aromatic heterocycles. The van der Waals surface area contributed by atoms with Gasteiger partial charge >= 0.3 is 5.97 Å². The Labute approximate surface area is 330 Å². The number of nitrogens with zero attached hydrogens (tertiary/aromatic N) is 2. The van der Waals surface area contributed by atoms with Crippen LogP contribution < -0.4 is 19.7 Å². The fourth-order valence-electron chi connectivity index (χ4n) is 7.91. The van der Waals surface area contributed by atoms with Crippen LogP contribution in [0.4, 0.5) is 5.69 Å². The molecule has 11 heteroatoms. The third-order valence-corrected chi connectivity index (χ3v) is 11.1. The van der Waals surface area contributed by atoms with E-state index in [4.69, 9.17) is 14.2 Å². The summed E-state index contributed by atoms with van der Waals surface area (Å²) < 4.78 is 18.6. The Morgan fingerprint density at radius 2 is 1.49 bits per heavy atom. The summed E-state index contributed by atoms with van der Waals surface area (Å²) in [6.07, 6.45) is 5.08. The van der Waals surface area contributed by atoms with Crippen LogP contribution >= 0.6 is 15.9 Å². The van der Waals surface area contributed by atoms with Crippen LogP contribution in [0.1, 0.15) is 90.3 Å². The average Bonchev–Trinajstić information content (AvgIpc) is 3.80. The lowest BCUT2D eigenvalue weighted by Gasteiger charge is -2.38. The molecule has 0 bridgehead atoms. The minimum absolute atomic E-state index is 0.0127. The molecule has 0 radical (unpaired) electrons. The van der Waals surface area contributed by atoms with E-state index in [2.05, 4.69) is 21.2 Å². The lowest BCUT2D eigenvalue weighted by molar-refractivity contribution is -0.141. The number of halogens is 1. The van der Waals surface area contributed by atoms with Crippen LogP contribution in [0.25, 0.3) is 0 Å². The van der Waals surface area contributed by atoms with Crippen LogP contribution in [0.15, 0.2) is 102 Å². The summed E-state index contributed by atoms with van der Waals surface area (Å²) in [5.74, 6) is -0.392. The molecule has 0 unspecified atom stereocenters. The van der Waals surface area contributed by atoms with Crippen molar-refractivity contribution in [2.75, 3.05) is 18.3 Å². The molecule has 7 rings (SSSR count). The number of amides is 3. The van der Waals surface area contributed by atoms with Crippen molar-refractivity contribution in [3.63, 3.8) is 0 Å². The van der Waals surface area contributed by atoms with Crippen LogP contribution in [-0.2, 0) is 20.9 Å². The monoisotopic (exact) mass is 807 g/mol. The van der Waals surface area contributed by atoms with E-state index in [0.717, 1.165) is 42.1 Å². The molecular formula is C44H46BrN3O7. The van der Waals surface area contributed by atoms with Gasteiger partial charge in [0.15, 0.2) is 11.5 Å². The molecule has 4 aromatic rings. The van der Waals surface area contributed by atoms with E-state index in [1.165, 1.54) is 0 Å². The van der Waals surface area contributed by atoms with Crippen molar-refractivity contribution < 1.29 is 33.4 Å². The molecule has 10 nitrogen and oxygen atoms in total. The summed E-state index contributed by atoms with van der Waals surface area (Å²) in [7, 11) is 0. The molecule has 55 heavy (non-hydrogen) atoms. The highest BCUT2D eigenvalue weighted by Gasteiger charge is 2.49. The SMILES string of the molecule is CC(C)C[C@H](NC(=O)C1CCCCC1)C(=O)N(Cc1ccc(Br)cc1)[C@H]1c2cc3c(cc2N(C(=O)c2ccccc2)[C@@H]1COC(=O)c1ccccc1)OCO3. The molecule has 4 aromatic carbocycles. The maximum atomic E-state index is 15.4. The zero-order valence-corrected chi connectivity index (χ0v) is 32.7. The van der Waals surface area contributed by atoms with Gasteiger partial charge in [-0.3, -0.25) is 19.3 Å². The maximum Gasteiger partial charge on any atom is 0.338 e. The molecule has 3 amide bonds. The van der Waals surface area contributed by atoms with E-state index in [0.29, 0.717) is 40.3 Å². The van der Waals surface area contributed by atoms with Gasteiger partial charge in [-0.15, -0.1) is 0 Å². The van der Waals surface area contributed by atoms with Gasteiger partial charge in [-0.2, -0.15) is 0 Å². The predicted octanol–water partition coefficient (Wildman–Crippen LogP) is 8.24. The highest BCUT2D eigenvalue weighted by atomic mass is 79.9. The molecule has 2 aliphatic heterocycles. The molecule has 1 fully saturated rings. The molecular weight excluding hydrogens is 762 g/mol. The number of ether oxygens (including phenoxy) is 3. The highest BCUT2D eigenvalue weighted by Crippen LogP contribution is 2.50. The van der Waals surface area contributed by atoms with Crippen molar-refractivity contribution in [2.24, 2.45) is 11.8 Å². The first-order valence-corrected chi connectivity index (χ1v) is 19.9. The van der Waals surface area contributed by atoms with Crippen LogP contribution in [-0.4, -0.2) is 54.1 Å². The number of carbonyl (C=O) groups excluding carboxylic acids is 4. The first kappa shape index (κ1) is 38.1. The Morgan fingerprint density at radius 3 is 2.15 bits per heavy atom. The molecule has 3 aliphatic rings. The second kappa shape index (κ2) is 17.1. The number of anilines is 1. The molecule has 3 atom stereocenters. The predicted molar refractivity (Wildman–Crippen MR) is 212 cm³/mol. The van der Waals surface area contributed by atoms with Crippen molar-refractivity contribution in [3.8, 4) is 11.5 Å². The van der Waals surface area contributed by atoms with Crippen LogP contribution in [0, 0.1) is 11.8 Å². The molecule has 2 heterocycles. The van der Waals surface area contributed by atoms with E-state index < -0.39 is 24.1 Å². The van der Waals surface area contributed by atoms with Crippen molar-refractivity contribution in [3.05, 3.63) is 124 Å². The van der Waals surface area contributed by atoms with Crippen molar-refractivity contribution >= 4 is 45.3 Å². The van der Waals surface area contributed by atoms with E-state index in [9.17, 15) is 14.4 Å². The summed E-state index contributed by atoms with van der Waals surface area (Å²) in [5.41, 5.74) is 2.79. The topological polar surface area (TPSA) is 114 Å². The lowest BCUT2D eigenvalue weighted by Crippen LogP contribution is -2.54. The second-order valence-electron chi connectivity index (χ2n) is 14.9. The summed E-state index contributed by atoms with van der Waals surface area (Å²) in [5, 5.41) is 3.18. The molecule has 0 spiro atoms. The van der Waals surface area contributed by atoms with E-state index in [1.54, 1.807) is 64.4 Å². The number of fused-ring (bicyclic) bond motifs is 2. The lowest BCUT2D eigenvalue weighted by atomic mass is 9.88. The Morgan fingerprint density at radius 1 is 0.855 bits per heavy atom. The molecule has 1 N–H and O–H groups in total. The number of carbonyl (C=O) groups is 4. The van der Waals surface area contributed by atoms with Gasteiger partial charge in [-0.25, -0.2) is 4.79 Å². The minimum atomic E-state index is -0.869. The molecule has 286 valence electrons. The quantitative estimate of drug-likeness (QED) is 0.144. The van der Waals surface area contributed by atoms with Crippen molar-refractivity contribution in [1.82, 2.24) is 10.2 Å². The van der Waals surface area contributed by atoms with E-state index >= 15 is 4.79 Å². The third kappa shape index (κ3) is 8.57. The fourth-order valence-corrected chi connectivity index (χ4v) is 8.17. The van der Waals surface area contributed by atoms with Gasteiger partial charge in [0.1, 0.15) is 12.6 Å². The summed E-state index contributed by atoms with van der Waals surface area (Å²) >= 11 is 3.53. The Balaban J connectivity index is 1.35. The number of esters is 1. The van der Waals surface area contributed by atoms with Gasteiger partial charge in [0.2, 0.25) is 18.6 Å². The zero-order valence-electron chi connectivity index (χ0n) is 31.1. The van der Waals surface area contributed by atoms with Gasteiger partial charge in [-0.1, -0.05) is 97.6 Å². The van der Waals surface area contributed by atoms with Crippen molar-refractivity contribution in [2.45, 2.75) is 77.0 Å². The Kier molecular flexibility index (Phi) is 11.9. The van der Waals surface area contributed by atoms with E-state index in [1.807, 2.05) is 56.3 Å². The van der Waals surface area contributed by atoms with Crippen LogP contribution in [0.3, 0.4) is 0 Å². The van der Waals surface area contributed by atoms with Crippen LogP contribution in [0.2, 0.25) is 0 Å². The Hall–Kier alpha value is -5.16. The summed E-state index contributed by atoms with van der Waals surface area (Å²) in [6.45, 7) is 3.99. The Bertz CT molecular complexity index is 2000. The highest BCUT2D eigenvalue weighted by molar-refractivity contribution is 9.10. The summed E-state index contributed by atoms with van der Waals surface area (Å²) in [4.78, 5) is 60.8. The van der Waals surface area contributed by atoms with Crippen molar-refractivity contribution in [1.29, 1.82) is 0 Å². The van der Waals surface area contributed by atoms with Gasteiger partial charge < -0.3 is 24.4 Å². The smallest absolute Gasteiger partial charge is 0.338 e. The first-order valence-electron chi connectivity index (χ1n) is 19.1. The third-order valence-electron chi connectivity index (χ3n) is 10.6. The van der Waals surface area contributed by atoms with Crippen LogP contribution in [0.5, 0.6) is 11.5 Å². The largest absolute Gasteiger partial charge is 0.460 e. The van der Waals surface area contributed by atoms with Gasteiger partial charge in [-0.05, 0) is 73.2 Å². The van der Waals surface area contributed by atoms with E-state index in [-0.39, 0.29) is 49.5 Å². The average molecular weight is 809 g/mol. The zero-order chi connectivity index (χ0) is 38.5. The number of hydrogen-bond acceptors (Lipinski definition) is 7. The number of rotatable bonds is 12. The number of benzene rings is 4. The summed E-state index contributed by atoms with van der Waals surface area (Å²) in [6, 6.07) is 26.3. The molecule has 1 aliphatic carbocycles. The van der Waals surface area contributed by atoms with Gasteiger partial charge in [0, 0.05) is 34.1 Å². The molecule has 0 saturated heterocycles. The first-order chi connectivity index (χ1) is 26.7. The fraction of sp³-hybridized carbons (Fsp3) is 0.364. The second-order valence-corrected chi connectivity index (χ2v) is 15.8. The normalized spacial score (nSPS) is 18.1. The van der Waals surface area contributed by atoms with Gasteiger partial charge in [0.25, 0.3) is 5.91 Å². The van der Waals surface area contributed by atoms with Gasteiger partial charge in [0.05, 0.1) is 23.3 Å². The molecule has 1 saturated carbocycles. The number of nitrogens with one attached hydrogen (secondary N) is 1. The standard InChI is InChI=1S/C44H46BrN3O7/c1-28(2)22-35(46-41(49)30-12-6-3-7-13-30)43(51)47(25-29-18-20-33(45)21-19-29)40-34-23-38-39(55-27-54-38)24-36(34)48(42(50)31-14-8-4-9-15-31)37(40)26-53-44(52)32-16-10-5-11-17-32/h4-5,8-11,14-21,23-24,28,30,35,37,40H,3,6-7,12-13,22,25-27H2,1-2H3,(H,46,49)/t35-,37+,40-/m0/s1.